The van der Waals surface area contributed by atoms with E-state index < -0.39 is 16.3 Å². The molecular weight excluding hydrogens is 290 g/mol. The Morgan fingerprint density at radius 3 is 2.48 bits per heavy atom. The number of likely N-dealkylation sites (tertiary alicyclic amines) is 1. The molecule has 0 amide bonds. The molecular formula is C15H23NO4S. The van der Waals surface area contributed by atoms with Gasteiger partial charge in [0.1, 0.15) is 6.23 Å². The molecule has 0 saturated carbocycles. The van der Waals surface area contributed by atoms with Crippen LogP contribution in [0.15, 0.2) is 30.3 Å². The Balaban J connectivity index is 2.13. The summed E-state index contributed by atoms with van der Waals surface area (Å²) in [5.41, 5.74) is 0.740. The molecule has 0 aromatic heterocycles. The van der Waals surface area contributed by atoms with Crippen molar-refractivity contribution in [1.29, 1.82) is 0 Å². The van der Waals surface area contributed by atoms with E-state index in [-0.39, 0.29) is 17.1 Å². The van der Waals surface area contributed by atoms with Crippen molar-refractivity contribution >= 4 is 10.1 Å². The van der Waals surface area contributed by atoms with Gasteiger partial charge in [-0.3, -0.25) is 9.45 Å². The molecule has 2 rings (SSSR count). The predicted molar refractivity (Wildman–Crippen MR) is 81.2 cm³/mol. The number of aliphatic hydroxyl groups excluding tert-OH is 1. The van der Waals surface area contributed by atoms with Crippen LogP contribution in [0.25, 0.3) is 0 Å². The highest BCUT2D eigenvalue weighted by Crippen LogP contribution is 2.39. The van der Waals surface area contributed by atoms with Gasteiger partial charge >= 0.3 is 0 Å². The van der Waals surface area contributed by atoms with Gasteiger partial charge in [-0.2, -0.15) is 8.42 Å². The van der Waals surface area contributed by atoms with E-state index in [1.165, 1.54) is 0 Å². The van der Waals surface area contributed by atoms with Gasteiger partial charge in [-0.15, -0.1) is 0 Å². The molecule has 21 heavy (non-hydrogen) atoms. The second-order valence-corrected chi connectivity index (χ2v) is 8.03. The van der Waals surface area contributed by atoms with Crippen LogP contribution < -0.4 is 0 Å². The molecule has 2 atom stereocenters. The van der Waals surface area contributed by atoms with Crippen LogP contribution in [0.4, 0.5) is 0 Å². The summed E-state index contributed by atoms with van der Waals surface area (Å²) in [6.07, 6.45) is -0.113. The average molecular weight is 313 g/mol. The van der Waals surface area contributed by atoms with Crippen LogP contribution in [0, 0.1) is 11.3 Å². The fourth-order valence-corrected chi connectivity index (χ4v) is 4.00. The molecule has 5 nitrogen and oxygen atoms in total. The van der Waals surface area contributed by atoms with Crippen molar-refractivity contribution < 1.29 is 18.1 Å². The number of nitrogens with zero attached hydrogens (tertiary/aromatic N) is 1. The molecule has 0 bridgehead atoms. The molecule has 1 saturated heterocycles. The summed E-state index contributed by atoms with van der Waals surface area (Å²) >= 11 is 0. The van der Waals surface area contributed by atoms with Crippen molar-refractivity contribution in [2.45, 2.75) is 33.0 Å². The zero-order valence-corrected chi connectivity index (χ0v) is 13.3. The van der Waals surface area contributed by atoms with Crippen LogP contribution in [0.1, 0.15) is 25.8 Å². The number of piperidine rings is 1. The Morgan fingerprint density at radius 1 is 1.29 bits per heavy atom. The summed E-state index contributed by atoms with van der Waals surface area (Å²) in [6, 6.07) is 9.76. The molecule has 0 spiro atoms. The molecule has 1 fully saturated rings. The topological polar surface area (TPSA) is 77.8 Å². The fourth-order valence-electron chi connectivity index (χ4n) is 2.94. The van der Waals surface area contributed by atoms with Crippen LogP contribution in [0.2, 0.25) is 0 Å². The molecule has 2 N–H and O–H groups in total. The summed E-state index contributed by atoms with van der Waals surface area (Å²) in [4.78, 5) is 1.87. The van der Waals surface area contributed by atoms with E-state index in [9.17, 15) is 13.5 Å². The van der Waals surface area contributed by atoms with Gasteiger partial charge in [-0.05, 0) is 23.3 Å². The van der Waals surface area contributed by atoms with Crippen molar-refractivity contribution in [2.24, 2.45) is 11.3 Å². The van der Waals surface area contributed by atoms with E-state index >= 15 is 0 Å². The molecule has 1 aromatic carbocycles. The van der Waals surface area contributed by atoms with Crippen molar-refractivity contribution in [2.75, 3.05) is 12.3 Å². The molecule has 6 heteroatoms. The van der Waals surface area contributed by atoms with Gasteiger partial charge in [0.2, 0.25) is 0 Å². The summed E-state index contributed by atoms with van der Waals surface area (Å²) in [5, 5.41) is 10.3. The Morgan fingerprint density at radius 2 is 1.90 bits per heavy atom. The van der Waals surface area contributed by atoms with Crippen LogP contribution in [-0.2, 0) is 16.7 Å². The highest BCUT2D eigenvalue weighted by molar-refractivity contribution is 7.85. The van der Waals surface area contributed by atoms with Crippen molar-refractivity contribution in [3.63, 3.8) is 0 Å². The van der Waals surface area contributed by atoms with E-state index in [4.69, 9.17) is 4.55 Å². The molecule has 1 aliphatic rings. The van der Waals surface area contributed by atoms with E-state index in [2.05, 4.69) is 0 Å². The Hall–Kier alpha value is -0.950. The quantitative estimate of drug-likeness (QED) is 0.828. The van der Waals surface area contributed by atoms with Crippen molar-refractivity contribution in [3.05, 3.63) is 35.9 Å². The number of hydrogen-bond donors (Lipinski definition) is 2. The van der Waals surface area contributed by atoms with Gasteiger partial charge in [-0.1, -0.05) is 44.2 Å². The fraction of sp³-hybridized carbons (Fsp3) is 0.600. The smallest absolute Gasteiger partial charge is 0.265 e. The highest BCUT2D eigenvalue weighted by Gasteiger charge is 2.41. The SMILES string of the molecule is CC1(C)CC(O)N(Cc2ccccc2)CC1CS(=O)(=O)O. The summed E-state index contributed by atoms with van der Waals surface area (Å²) in [7, 11) is -4.02. The third kappa shape index (κ3) is 4.51. The Labute approximate surface area is 126 Å². The van der Waals surface area contributed by atoms with Gasteiger partial charge in [0.25, 0.3) is 10.1 Å². The lowest BCUT2D eigenvalue weighted by atomic mass is 9.73. The minimum atomic E-state index is -4.02. The standard InChI is InChI=1S/C15H23NO4S/c1-15(2)8-14(17)16(9-12-6-4-3-5-7-12)10-13(15)11-21(18,19)20/h3-7,13-14,17H,8-11H2,1-2H3,(H,18,19,20). The molecule has 1 aliphatic heterocycles. The molecule has 2 unspecified atom stereocenters. The summed E-state index contributed by atoms with van der Waals surface area (Å²) < 4.78 is 31.6. The Kier molecular flexibility index (Phi) is 4.72. The zero-order valence-electron chi connectivity index (χ0n) is 12.4. The second-order valence-electron chi connectivity index (χ2n) is 6.53. The van der Waals surface area contributed by atoms with E-state index in [1.54, 1.807) is 0 Å². The average Bonchev–Trinajstić information content (AvgIpc) is 2.34. The first-order chi connectivity index (χ1) is 9.67. The first kappa shape index (κ1) is 16.4. The van der Waals surface area contributed by atoms with Crippen molar-refractivity contribution in [1.82, 2.24) is 4.90 Å². The molecule has 118 valence electrons. The van der Waals surface area contributed by atoms with Gasteiger partial charge < -0.3 is 5.11 Å². The van der Waals surface area contributed by atoms with Crippen LogP contribution in [-0.4, -0.2) is 41.5 Å². The van der Waals surface area contributed by atoms with Crippen molar-refractivity contribution in [3.8, 4) is 0 Å². The zero-order chi connectivity index (χ0) is 15.7. The van der Waals surface area contributed by atoms with Crippen LogP contribution in [0.5, 0.6) is 0 Å². The molecule has 0 radical (unpaired) electrons. The molecule has 0 aliphatic carbocycles. The van der Waals surface area contributed by atoms with E-state index in [0.717, 1.165) is 5.56 Å². The lowest BCUT2D eigenvalue weighted by Gasteiger charge is -2.46. The third-order valence-corrected chi connectivity index (χ3v) is 5.15. The predicted octanol–water partition coefficient (Wildman–Crippen LogP) is 1.74. The third-order valence-electron chi connectivity index (χ3n) is 4.33. The van der Waals surface area contributed by atoms with Crippen LogP contribution in [0.3, 0.4) is 0 Å². The van der Waals surface area contributed by atoms with Crippen LogP contribution >= 0.6 is 0 Å². The molecule has 1 aromatic rings. The van der Waals surface area contributed by atoms with Gasteiger partial charge in [0.05, 0.1) is 5.75 Å². The lowest BCUT2D eigenvalue weighted by Crippen LogP contribution is -2.52. The molecule has 1 heterocycles. The number of hydrogen-bond acceptors (Lipinski definition) is 4. The number of rotatable bonds is 4. The number of benzene rings is 1. The lowest BCUT2D eigenvalue weighted by molar-refractivity contribution is -0.0916. The van der Waals surface area contributed by atoms with E-state index in [0.29, 0.717) is 19.5 Å². The maximum atomic E-state index is 11.2. The minimum absolute atomic E-state index is 0.209. The maximum Gasteiger partial charge on any atom is 0.265 e. The first-order valence-electron chi connectivity index (χ1n) is 7.08. The maximum absolute atomic E-state index is 11.2. The van der Waals surface area contributed by atoms with Gasteiger partial charge in [0, 0.05) is 13.1 Å². The van der Waals surface area contributed by atoms with Gasteiger partial charge in [0.15, 0.2) is 0 Å². The highest BCUT2D eigenvalue weighted by atomic mass is 32.2. The normalized spacial score (nSPS) is 26.7. The Bertz CT molecular complexity index is 571. The minimum Gasteiger partial charge on any atom is -0.378 e. The monoisotopic (exact) mass is 313 g/mol. The summed E-state index contributed by atoms with van der Waals surface area (Å²) in [5.74, 6) is -0.475. The number of aliphatic hydroxyl groups is 1. The summed E-state index contributed by atoms with van der Waals surface area (Å²) in [6.45, 7) is 4.89. The largest absolute Gasteiger partial charge is 0.378 e. The second kappa shape index (κ2) is 6.04. The van der Waals surface area contributed by atoms with Gasteiger partial charge in [-0.25, -0.2) is 0 Å². The van der Waals surface area contributed by atoms with E-state index in [1.807, 2.05) is 49.1 Å². The first-order valence-corrected chi connectivity index (χ1v) is 8.69.